The normalized spacial score (nSPS) is 13.6. The molecule has 0 aliphatic carbocycles. The van der Waals surface area contributed by atoms with Gasteiger partial charge in [-0.3, -0.25) is 4.79 Å². The molecule has 7 nitrogen and oxygen atoms in total. The number of nitrogens with zero attached hydrogens (tertiary/aromatic N) is 1. The van der Waals surface area contributed by atoms with Gasteiger partial charge in [-0.25, -0.2) is 0 Å². The van der Waals surface area contributed by atoms with E-state index in [1.807, 2.05) is 45.0 Å². The number of nitrogens with one attached hydrogen (secondary N) is 1. The Morgan fingerprint density at radius 1 is 0.933 bits per heavy atom. The summed E-state index contributed by atoms with van der Waals surface area (Å²) >= 11 is 0. The molecule has 7 heteroatoms. The molecule has 1 N–H and O–H groups in total. The maximum Gasteiger partial charge on any atom is 0.255 e. The van der Waals surface area contributed by atoms with Crippen molar-refractivity contribution in [3.8, 4) is 17.2 Å². The van der Waals surface area contributed by atoms with E-state index in [2.05, 4.69) is 10.2 Å². The molecule has 0 saturated carbocycles. The Morgan fingerprint density at radius 2 is 1.50 bits per heavy atom. The average Bonchev–Trinajstić information content (AvgIpc) is 2.77. The second kappa shape index (κ2) is 10.7. The fraction of sp³-hybridized carbons (Fsp3) is 0.435. The van der Waals surface area contributed by atoms with E-state index in [0.717, 1.165) is 37.7 Å². The number of carbonyl (C=O) groups excluding carboxylic acids is 1. The van der Waals surface area contributed by atoms with Crippen LogP contribution in [0.2, 0.25) is 0 Å². The second-order valence-electron chi connectivity index (χ2n) is 6.70. The van der Waals surface area contributed by atoms with Crippen molar-refractivity contribution in [3.05, 3.63) is 42.0 Å². The van der Waals surface area contributed by atoms with Crippen LogP contribution in [0.4, 0.5) is 11.4 Å². The van der Waals surface area contributed by atoms with Crippen molar-refractivity contribution in [1.82, 2.24) is 0 Å². The topological polar surface area (TPSA) is 69.3 Å². The summed E-state index contributed by atoms with van der Waals surface area (Å²) in [4.78, 5) is 15.2. The van der Waals surface area contributed by atoms with Gasteiger partial charge in [-0.1, -0.05) is 0 Å². The highest BCUT2D eigenvalue weighted by Gasteiger charge is 2.19. The summed E-state index contributed by atoms with van der Waals surface area (Å²) in [6.45, 7) is 10.3. The molecule has 0 atom stereocenters. The third-order valence-corrected chi connectivity index (χ3v) is 4.67. The van der Waals surface area contributed by atoms with Crippen molar-refractivity contribution in [2.75, 3.05) is 56.3 Å². The van der Waals surface area contributed by atoms with Crippen LogP contribution in [-0.4, -0.2) is 52.0 Å². The molecular weight excluding hydrogens is 384 g/mol. The van der Waals surface area contributed by atoms with Gasteiger partial charge in [0.2, 0.25) is 5.75 Å². The summed E-state index contributed by atoms with van der Waals surface area (Å²) in [5.41, 5.74) is 2.29. The highest BCUT2D eigenvalue weighted by molar-refractivity contribution is 6.05. The zero-order valence-corrected chi connectivity index (χ0v) is 17.9. The Bertz CT molecular complexity index is 805. The average molecular weight is 415 g/mol. The molecule has 0 radical (unpaired) electrons. The lowest BCUT2D eigenvalue weighted by molar-refractivity contribution is 0.102. The van der Waals surface area contributed by atoms with Crippen LogP contribution < -0.4 is 24.4 Å². The Kier molecular flexibility index (Phi) is 7.79. The zero-order valence-electron chi connectivity index (χ0n) is 17.9. The van der Waals surface area contributed by atoms with Gasteiger partial charge in [-0.15, -0.1) is 0 Å². The van der Waals surface area contributed by atoms with E-state index in [9.17, 15) is 4.79 Å². The van der Waals surface area contributed by atoms with E-state index in [4.69, 9.17) is 18.9 Å². The lowest BCUT2D eigenvalue weighted by Gasteiger charge is -2.28. The lowest BCUT2D eigenvalue weighted by Crippen LogP contribution is -2.36. The third kappa shape index (κ3) is 5.36. The minimum absolute atomic E-state index is 0.237. The van der Waals surface area contributed by atoms with Crippen LogP contribution in [0.1, 0.15) is 31.1 Å². The van der Waals surface area contributed by atoms with E-state index in [1.165, 1.54) is 0 Å². The smallest absolute Gasteiger partial charge is 0.255 e. The van der Waals surface area contributed by atoms with Gasteiger partial charge >= 0.3 is 0 Å². The maximum atomic E-state index is 12.9. The summed E-state index contributed by atoms with van der Waals surface area (Å²) in [5, 5.41) is 2.94. The van der Waals surface area contributed by atoms with Gasteiger partial charge < -0.3 is 29.2 Å². The second-order valence-corrected chi connectivity index (χ2v) is 6.70. The molecular formula is C23H30N2O5. The standard InChI is InChI=1S/C23H30N2O5/c1-4-28-20-15-17(16-21(29-5-2)22(20)30-6-3)23(26)24-18-7-9-19(10-8-18)25-11-13-27-14-12-25/h7-10,15-16H,4-6,11-14H2,1-3H3,(H,24,26). The molecule has 2 aromatic carbocycles. The van der Waals surface area contributed by atoms with Gasteiger partial charge in [0.25, 0.3) is 5.91 Å². The summed E-state index contributed by atoms with van der Waals surface area (Å²) < 4.78 is 22.5. The first kappa shape index (κ1) is 21.8. The summed E-state index contributed by atoms with van der Waals surface area (Å²) in [6, 6.07) is 11.2. The van der Waals surface area contributed by atoms with Crippen molar-refractivity contribution in [3.63, 3.8) is 0 Å². The van der Waals surface area contributed by atoms with Crippen LogP contribution in [-0.2, 0) is 4.74 Å². The van der Waals surface area contributed by atoms with E-state index in [0.29, 0.717) is 42.6 Å². The molecule has 0 bridgehead atoms. The van der Waals surface area contributed by atoms with Crippen molar-refractivity contribution >= 4 is 17.3 Å². The van der Waals surface area contributed by atoms with Crippen LogP contribution >= 0.6 is 0 Å². The van der Waals surface area contributed by atoms with Crippen LogP contribution in [0.15, 0.2) is 36.4 Å². The van der Waals surface area contributed by atoms with E-state index >= 15 is 0 Å². The van der Waals surface area contributed by atoms with Gasteiger partial charge in [0.15, 0.2) is 11.5 Å². The maximum absolute atomic E-state index is 12.9. The van der Waals surface area contributed by atoms with Gasteiger partial charge in [-0.05, 0) is 57.2 Å². The first-order valence-corrected chi connectivity index (χ1v) is 10.5. The predicted molar refractivity (Wildman–Crippen MR) is 117 cm³/mol. The molecule has 0 spiro atoms. The first-order valence-electron chi connectivity index (χ1n) is 10.5. The number of morpholine rings is 1. The fourth-order valence-electron chi connectivity index (χ4n) is 3.30. The summed E-state index contributed by atoms with van der Waals surface area (Å²) in [5.74, 6) is 1.28. The molecule has 0 aromatic heterocycles. The number of carbonyl (C=O) groups is 1. The minimum Gasteiger partial charge on any atom is -0.490 e. The highest BCUT2D eigenvalue weighted by atomic mass is 16.5. The number of hydrogen-bond acceptors (Lipinski definition) is 6. The van der Waals surface area contributed by atoms with Crippen LogP contribution in [0.5, 0.6) is 17.2 Å². The number of ether oxygens (including phenoxy) is 4. The van der Waals surface area contributed by atoms with Gasteiger partial charge in [0.05, 0.1) is 33.0 Å². The van der Waals surface area contributed by atoms with E-state index in [1.54, 1.807) is 12.1 Å². The fourth-order valence-corrected chi connectivity index (χ4v) is 3.30. The van der Waals surface area contributed by atoms with Crippen LogP contribution in [0, 0.1) is 0 Å². The van der Waals surface area contributed by atoms with Crippen LogP contribution in [0.25, 0.3) is 0 Å². The molecule has 3 rings (SSSR count). The zero-order chi connectivity index (χ0) is 21.3. The van der Waals surface area contributed by atoms with Crippen molar-refractivity contribution in [2.24, 2.45) is 0 Å². The minimum atomic E-state index is -0.237. The molecule has 162 valence electrons. The Hall–Kier alpha value is -2.93. The number of anilines is 2. The first-order chi connectivity index (χ1) is 14.7. The molecule has 2 aromatic rings. The Morgan fingerprint density at radius 3 is 2.03 bits per heavy atom. The molecule has 30 heavy (non-hydrogen) atoms. The molecule has 1 amide bonds. The van der Waals surface area contributed by atoms with Crippen LogP contribution in [0.3, 0.4) is 0 Å². The monoisotopic (exact) mass is 414 g/mol. The molecule has 0 unspecified atom stereocenters. The van der Waals surface area contributed by atoms with Crippen molar-refractivity contribution in [1.29, 1.82) is 0 Å². The van der Waals surface area contributed by atoms with Gasteiger partial charge in [-0.2, -0.15) is 0 Å². The highest BCUT2D eigenvalue weighted by Crippen LogP contribution is 2.39. The summed E-state index contributed by atoms with van der Waals surface area (Å²) in [6.07, 6.45) is 0. The third-order valence-electron chi connectivity index (χ3n) is 4.67. The molecule has 1 fully saturated rings. The summed E-state index contributed by atoms with van der Waals surface area (Å²) in [7, 11) is 0. The largest absolute Gasteiger partial charge is 0.490 e. The molecule has 1 aliphatic rings. The number of amides is 1. The molecule has 1 saturated heterocycles. The predicted octanol–water partition coefficient (Wildman–Crippen LogP) is 3.97. The van der Waals surface area contributed by atoms with E-state index in [-0.39, 0.29) is 5.91 Å². The number of benzene rings is 2. The quantitative estimate of drug-likeness (QED) is 0.670. The van der Waals surface area contributed by atoms with Gasteiger partial charge in [0, 0.05) is 30.0 Å². The SMILES string of the molecule is CCOc1cc(C(=O)Nc2ccc(N3CCOCC3)cc2)cc(OCC)c1OCC. The molecule has 1 aliphatic heterocycles. The van der Waals surface area contributed by atoms with Gasteiger partial charge in [0.1, 0.15) is 0 Å². The molecule has 1 heterocycles. The Balaban J connectivity index is 1.78. The van der Waals surface area contributed by atoms with Crippen molar-refractivity contribution < 1.29 is 23.7 Å². The van der Waals surface area contributed by atoms with Crippen molar-refractivity contribution in [2.45, 2.75) is 20.8 Å². The number of hydrogen-bond donors (Lipinski definition) is 1. The lowest BCUT2D eigenvalue weighted by atomic mass is 10.1. The van der Waals surface area contributed by atoms with E-state index < -0.39 is 0 Å². The number of rotatable bonds is 9. The Labute approximate surface area is 177 Å².